The van der Waals surface area contributed by atoms with Gasteiger partial charge in [-0.25, -0.2) is 0 Å². The third-order valence-electron chi connectivity index (χ3n) is 12.7. The molecule has 0 saturated heterocycles. The van der Waals surface area contributed by atoms with Gasteiger partial charge in [0.25, 0.3) is 0 Å². The monoisotopic (exact) mass is 868 g/mol. The van der Waals surface area contributed by atoms with Crippen LogP contribution in [0.1, 0.15) is 95.9 Å². The van der Waals surface area contributed by atoms with Crippen molar-refractivity contribution in [1.82, 2.24) is 15.0 Å². The van der Waals surface area contributed by atoms with Crippen LogP contribution in [0, 0.1) is 5.41 Å². The number of hydrogen-bond acceptors (Lipinski definition) is 10. The first-order valence-corrected chi connectivity index (χ1v) is 23.7. The fourth-order valence-corrected chi connectivity index (χ4v) is 9.96. The van der Waals surface area contributed by atoms with Crippen LogP contribution in [0.25, 0.3) is 11.1 Å². The van der Waals surface area contributed by atoms with E-state index in [1.165, 1.54) is 34.0 Å². The molecule has 10 heteroatoms. The number of benzene rings is 5. The lowest BCUT2D eigenvalue weighted by Crippen LogP contribution is -2.28. The predicted molar refractivity (Wildman–Crippen MR) is 255 cm³/mol. The minimum Gasteiger partial charge on any atom is -0.491 e. The highest BCUT2D eigenvalue weighted by atomic mass is 32.2. The van der Waals surface area contributed by atoms with Gasteiger partial charge in [0.2, 0.25) is 5.95 Å². The molecule has 7 rings (SSSR count). The Morgan fingerprint density at radius 3 is 1.63 bits per heavy atom. The average molecular weight is 869 g/mol. The van der Waals surface area contributed by atoms with Gasteiger partial charge in [-0.2, -0.15) is 15.0 Å². The molecule has 0 fully saturated rings. The Morgan fingerprint density at radius 2 is 1.10 bits per heavy atom. The summed E-state index contributed by atoms with van der Waals surface area (Å²) in [5, 5.41) is 26.5. The summed E-state index contributed by atoms with van der Waals surface area (Å²) in [6.07, 6.45) is 3.41. The summed E-state index contributed by atoms with van der Waals surface area (Å²) >= 11 is 3.05. The van der Waals surface area contributed by atoms with E-state index in [1.807, 2.05) is 54.6 Å². The maximum Gasteiger partial charge on any atom is 0.232 e. The van der Waals surface area contributed by atoms with E-state index < -0.39 is 17.6 Å². The van der Waals surface area contributed by atoms with Crippen molar-refractivity contribution in [3.05, 3.63) is 150 Å². The molecule has 0 bridgehead atoms. The molecule has 0 amide bonds. The molecule has 8 nitrogen and oxygen atoms in total. The van der Waals surface area contributed by atoms with Crippen LogP contribution < -0.4 is 14.8 Å². The van der Waals surface area contributed by atoms with E-state index >= 15 is 0 Å². The summed E-state index contributed by atoms with van der Waals surface area (Å²) < 4.78 is 12.4. The molecule has 5 aromatic carbocycles. The van der Waals surface area contributed by atoms with Gasteiger partial charge in [0.15, 0.2) is 10.3 Å². The number of thioether (sulfide) groups is 2. The third kappa shape index (κ3) is 10.2. The van der Waals surface area contributed by atoms with E-state index in [-0.39, 0.29) is 23.4 Å². The molecular weight excluding hydrogens is 809 g/mol. The molecular formula is C52H60N4O4S2. The molecule has 62 heavy (non-hydrogen) atoms. The van der Waals surface area contributed by atoms with Crippen molar-refractivity contribution in [3.63, 3.8) is 0 Å². The molecule has 1 heterocycles. The Bertz CT molecular complexity index is 2320. The van der Waals surface area contributed by atoms with Crippen LogP contribution in [0.15, 0.2) is 138 Å². The lowest BCUT2D eigenvalue weighted by Gasteiger charge is -2.34. The quantitative estimate of drug-likeness (QED) is 0.0604. The van der Waals surface area contributed by atoms with Crippen LogP contribution in [0.2, 0.25) is 0 Å². The average Bonchev–Trinajstić information content (AvgIpc) is 3.61. The van der Waals surface area contributed by atoms with Gasteiger partial charge in [-0.05, 0) is 101 Å². The summed E-state index contributed by atoms with van der Waals surface area (Å²) in [7, 11) is 0. The Hall–Kier alpha value is -4.87. The lowest BCUT2D eigenvalue weighted by atomic mass is 9.68. The number of aliphatic hydroxyl groups is 2. The van der Waals surface area contributed by atoms with E-state index in [9.17, 15) is 10.2 Å². The number of rotatable bonds is 21. The number of aliphatic hydroxyl groups excluding tert-OH is 2. The number of anilines is 2. The molecule has 0 spiro atoms. The Balaban J connectivity index is 1.07. The summed E-state index contributed by atoms with van der Waals surface area (Å²) in [5.74, 6) is 2.22. The normalized spacial score (nSPS) is 14.1. The SMILES string of the molecule is CCC(C)(CC)CC(O)COc1ccc(C2(c3ccc(OCC(O)CSc4nc(Nc5ccccc5)nc(SC(C)(CC)CC)n4)cc3)c3ccccc3-c3ccccc32)cc1. The number of ether oxygens (including phenoxy) is 2. The van der Waals surface area contributed by atoms with Gasteiger partial charge < -0.3 is 25.0 Å². The van der Waals surface area contributed by atoms with Crippen LogP contribution in [-0.2, 0) is 5.41 Å². The fourth-order valence-electron chi connectivity index (χ4n) is 8.17. The van der Waals surface area contributed by atoms with E-state index in [0.29, 0.717) is 34.2 Å². The predicted octanol–water partition coefficient (Wildman–Crippen LogP) is 12.1. The largest absolute Gasteiger partial charge is 0.491 e. The summed E-state index contributed by atoms with van der Waals surface area (Å²) in [6.45, 7) is 13.6. The maximum atomic E-state index is 11.1. The van der Waals surface area contributed by atoms with Crippen molar-refractivity contribution >= 4 is 35.2 Å². The van der Waals surface area contributed by atoms with E-state index in [2.05, 4.69) is 120 Å². The summed E-state index contributed by atoms with van der Waals surface area (Å²) in [4.78, 5) is 14.2. The second-order valence-corrected chi connectivity index (χ2v) is 19.4. The lowest BCUT2D eigenvalue weighted by molar-refractivity contribution is 0.0578. The van der Waals surface area contributed by atoms with Crippen molar-refractivity contribution in [2.24, 2.45) is 5.41 Å². The number of fused-ring (bicyclic) bond motifs is 3. The standard InChI is InChI=1S/C52H60N4O4S2/c1-7-50(5,8-2)32-39(57)33-59-41-28-24-36(25-29-41)52(45-22-16-14-20-43(45)44-21-15-17-23-46(44)52)37-26-30-42(31-27-37)60-34-40(58)35-61-48-54-47(53-38-18-12-11-13-19-38)55-49(56-48)62-51(6,9-3)10-4/h11-31,39-40,57-58H,7-10,32-35H2,1-6H3,(H,53,54,55,56). The van der Waals surface area contributed by atoms with Gasteiger partial charge >= 0.3 is 0 Å². The van der Waals surface area contributed by atoms with Crippen molar-refractivity contribution in [2.75, 3.05) is 24.3 Å². The Kier molecular flexibility index (Phi) is 14.6. The van der Waals surface area contributed by atoms with Crippen LogP contribution in [0.5, 0.6) is 11.5 Å². The maximum absolute atomic E-state index is 11.1. The minimum absolute atomic E-state index is 0.00375. The molecule has 324 valence electrons. The topological polar surface area (TPSA) is 110 Å². The number of aromatic nitrogens is 3. The fraction of sp³-hybridized carbons (Fsp3) is 0.365. The Labute approximate surface area is 376 Å². The van der Waals surface area contributed by atoms with Gasteiger partial charge in [0.1, 0.15) is 24.7 Å². The molecule has 6 aromatic rings. The second kappa shape index (κ2) is 20.1. The summed E-state index contributed by atoms with van der Waals surface area (Å²) in [6, 6.07) is 43.8. The highest BCUT2D eigenvalue weighted by Gasteiger charge is 2.46. The number of nitrogens with one attached hydrogen (secondary N) is 1. The Morgan fingerprint density at radius 1 is 0.597 bits per heavy atom. The molecule has 0 saturated carbocycles. The number of hydrogen-bond donors (Lipinski definition) is 3. The van der Waals surface area contributed by atoms with Crippen LogP contribution >= 0.6 is 23.5 Å². The first kappa shape index (κ1) is 45.2. The zero-order valence-electron chi connectivity index (χ0n) is 36.8. The van der Waals surface area contributed by atoms with Gasteiger partial charge in [-0.15, -0.1) is 0 Å². The zero-order valence-corrected chi connectivity index (χ0v) is 38.4. The van der Waals surface area contributed by atoms with Crippen LogP contribution in [0.4, 0.5) is 11.6 Å². The van der Waals surface area contributed by atoms with Crippen molar-refractivity contribution in [1.29, 1.82) is 0 Å². The smallest absolute Gasteiger partial charge is 0.232 e. The zero-order chi connectivity index (χ0) is 43.7. The van der Waals surface area contributed by atoms with Gasteiger partial charge in [-0.1, -0.05) is 162 Å². The molecule has 2 atom stereocenters. The molecule has 3 N–H and O–H groups in total. The van der Waals surface area contributed by atoms with Gasteiger partial charge in [0, 0.05) is 16.2 Å². The van der Waals surface area contributed by atoms with Crippen molar-refractivity contribution < 1.29 is 19.7 Å². The van der Waals surface area contributed by atoms with E-state index in [0.717, 1.165) is 48.2 Å². The minimum atomic E-state index is -0.765. The molecule has 1 aliphatic carbocycles. The highest BCUT2D eigenvalue weighted by molar-refractivity contribution is 8.00. The van der Waals surface area contributed by atoms with Gasteiger partial charge in [0.05, 0.1) is 17.6 Å². The van der Waals surface area contributed by atoms with E-state index in [1.54, 1.807) is 11.8 Å². The van der Waals surface area contributed by atoms with Crippen molar-refractivity contribution in [2.45, 2.75) is 106 Å². The summed E-state index contributed by atoms with van der Waals surface area (Å²) in [5.41, 5.74) is 7.45. The first-order valence-electron chi connectivity index (χ1n) is 21.9. The molecule has 0 aliphatic heterocycles. The molecule has 1 aromatic heterocycles. The first-order chi connectivity index (χ1) is 30.0. The number of nitrogens with zero attached hydrogens (tertiary/aromatic N) is 3. The van der Waals surface area contributed by atoms with E-state index in [4.69, 9.17) is 24.4 Å². The third-order valence-corrected chi connectivity index (χ3v) is 15.1. The van der Waals surface area contributed by atoms with Crippen molar-refractivity contribution in [3.8, 4) is 22.6 Å². The molecule has 2 unspecified atom stereocenters. The highest BCUT2D eigenvalue weighted by Crippen LogP contribution is 2.56. The number of para-hydroxylation sites is 1. The van der Waals surface area contributed by atoms with Gasteiger partial charge in [-0.3, -0.25) is 0 Å². The molecule has 0 radical (unpaired) electrons. The van der Waals surface area contributed by atoms with Crippen LogP contribution in [0.3, 0.4) is 0 Å². The second-order valence-electron chi connectivity index (χ2n) is 16.8. The molecule has 1 aliphatic rings. The van der Waals surface area contributed by atoms with Crippen LogP contribution in [-0.4, -0.2) is 61.1 Å².